The molecular formula is C14H13NO. The fraction of sp³-hybridized carbons (Fsp3) is 0.143. The van der Waals surface area contributed by atoms with Crippen LogP contribution < -0.4 is 0 Å². The molecule has 0 bridgehead atoms. The number of nitrogens with zero attached hydrogens (tertiary/aromatic N) is 1. The zero-order chi connectivity index (χ0) is 11.4. The van der Waals surface area contributed by atoms with Crippen LogP contribution in [0, 0.1) is 0 Å². The molecule has 2 rings (SSSR count). The number of hydrogen-bond acceptors (Lipinski definition) is 2. The van der Waals surface area contributed by atoms with Crippen molar-refractivity contribution in [3.63, 3.8) is 0 Å². The van der Waals surface area contributed by atoms with E-state index in [0.29, 0.717) is 11.1 Å². The van der Waals surface area contributed by atoms with Crippen molar-refractivity contribution in [3.05, 3.63) is 65.5 Å². The van der Waals surface area contributed by atoms with Crippen molar-refractivity contribution < 1.29 is 4.79 Å². The Kier molecular flexibility index (Phi) is 3.10. The van der Waals surface area contributed by atoms with Gasteiger partial charge in [0.25, 0.3) is 0 Å². The molecule has 0 aliphatic heterocycles. The quantitative estimate of drug-likeness (QED) is 0.731. The molecule has 2 aromatic rings. The molecule has 0 unspecified atom stereocenters. The molecule has 0 aliphatic rings. The number of benzene rings is 1. The van der Waals surface area contributed by atoms with Gasteiger partial charge in [0.2, 0.25) is 0 Å². The molecule has 80 valence electrons. The third-order valence-corrected chi connectivity index (χ3v) is 2.49. The van der Waals surface area contributed by atoms with E-state index in [0.717, 1.165) is 12.1 Å². The maximum Gasteiger partial charge on any atom is 0.194 e. The van der Waals surface area contributed by atoms with Crippen molar-refractivity contribution in [2.45, 2.75) is 13.3 Å². The number of carbonyl (C=O) groups excluding carboxylic acids is 1. The van der Waals surface area contributed by atoms with Crippen molar-refractivity contribution in [1.29, 1.82) is 0 Å². The van der Waals surface area contributed by atoms with Gasteiger partial charge in [0, 0.05) is 23.0 Å². The third kappa shape index (κ3) is 2.16. The number of aryl methyl sites for hydroxylation is 1. The minimum Gasteiger partial charge on any atom is -0.289 e. The summed E-state index contributed by atoms with van der Waals surface area (Å²) in [6, 6.07) is 13.0. The molecule has 0 aliphatic carbocycles. The van der Waals surface area contributed by atoms with Crippen molar-refractivity contribution >= 4 is 5.78 Å². The summed E-state index contributed by atoms with van der Waals surface area (Å²) in [7, 11) is 0. The number of ketones is 1. The molecule has 0 radical (unpaired) electrons. The Bertz CT molecular complexity index is 474. The van der Waals surface area contributed by atoms with Gasteiger partial charge < -0.3 is 0 Å². The molecule has 0 fully saturated rings. The zero-order valence-electron chi connectivity index (χ0n) is 9.18. The topological polar surface area (TPSA) is 30.0 Å². The predicted molar refractivity (Wildman–Crippen MR) is 63.5 cm³/mol. The molecular weight excluding hydrogens is 198 g/mol. The highest BCUT2D eigenvalue weighted by Crippen LogP contribution is 2.09. The molecule has 0 saturated heterocycles. The van der Waals surface area contributed by atoms with E-state index in [1.807, 2.05) is 49.4 Å². The molecule has 0 N–H and O–H groups in total. The summed E-state index contributed by atoms with van der Waals surface area (Å²) in [5, 5.41) is 0. The van der Waals surface area contributed by atoms with Crippen LogP contribution in [0.25, 0.3) is 0 Å². The monoisotopic (exact) mass is 211 g/mol. The van der Waals surface area contributed by atoms with Crippen LogP contribution in [0.4, 0.5) is 0 Å². The average molecular weight is 211 g/mol. The zero-order valence-corrected chi connectivity index (χ0v) is 9.18. The number of aromatic nitrogens is 1. The standard InChI is InChI=1S/C14H13NO/c1-2-13-9-8-12(10-15-13)14(16)11-6-4-3-5-7-11/h3-10H,2H2,1H3. The van der Waals surface area contributed by atoms with Gasteiger partial charge in [-0.25, -0.2) is 0 Å². The molecule has 1 heterocycles. The van der Waals surface area contributed by atoms with E-state index >= 15 is 0 Å². The van der Waals surface area contributed by atoms with Crippen molar-refractivity contribution in [1.82, 2.24) is 4.98 Å². The highest BCUT2D eigenvalue weighted by molar-refractivity contribution is 6.08. The van der Waals surface area contributed by atoms with Gasteiger partial charge in [0.15, 0.2) is 5.78 Å². The van der Waals surface area contributed by atoms with Crippen LogP contribution in [0.3, 0.4) is 0 Å². The van der Waals surface area contributed by atoms with Gasteiger partial charge in [-0.05, 0) is 18.6 Å². The van der Waals surface area contributed by atoms with E-state index in [1.54, 1.807) is 6.20 Å². The molecule has 16 heavy (non-hydrogen) atoms. The van der Waals surface area contributed by atoms with E-state index in [-0.39, 0.29) is 5.78 Å². The average Bonchev–Trinajstić information content (AvgIpc) is 2.39. The van der Waals surface area contributed by atoms with E-state index in [1.165, 1.54) is 0 Å². The lowest BCUT2D eigenvalue weighted by Gasteiger charge is -2.01. The van der Waals surface area contributed by atoms with E-state index < -0.39 is 0 Å². The van der Waals surface area contributed by atoms with Gasteiger partial charge in [-0.1, -0.05) is 37.3 Å². The first-order valence-electron chi connectivity index (χ1n) is 5.36. The highest BCUT2D eigenvalue weighted by Gasteiger charge is 2.08. The molecule has 0 saturated carbocycles. The Morgan fingerprint density at radius 3 is 2.38 bits per heavy atom. The van der Waals surface area contributed by atoms with Crippen molar-refractivity contribution in [2.24, 2.45) is 0 Å². The van der Waals surface area contributed by atoms with Crippen LogP contribution in [0.5, 0.6) is 0 Å². The molecule has 1 aromatic heterocycles. The SMILES string of the molecule is CCc1ccc(C(=O)c2ccccc2)cn1. The summed E-state index contributed by atoms with van der Waals surface area (Å²) in [6.45, 7) is 2.04. The highest BCUT2D eigenvalue weighted by atomic mass is 16.1. The molecule has 0 spiro atoms. The van der Waals surface area contributed by atoms with Crippen molar-refractivity contribution in [2.75, 3.05) is 0 Å². The van der Waals surface area contributed by atoms with E-state index in [4.69, 9.17) is 0 Å². The van der Waals surface area contributed by atoms with Gasteiger partial charge >= 0.3 is 0 Å². The minimum atomic E-state index is 0.0238. The van der Waals surface area contributed by atoms with Crippen LogP contribution in [0.15, 0.2) is 48.7 Å². The van der Waals surface area contributed by atoms with Gasteiger partial charge in [-0.15, -0.1) is 0 Å². The van der Waals surface area contributed by atoms with Crippen LogP contribution in [-0.4, -0.2) is 10.8 Å². The van der Waals surface area contributed by atoms with Crippen LogP contribution in [0.2, 0.25) is 0 Å². The fourth-order valence-electron chi connectivity index (χ4n) is 1.52. The summed E-state index contributed by atoms with van der Waals surface area (Å²) in [4.78, 5) is 16.2. The Hall–Kier alpha value is -1.96. The molecule has 2 heteroatoms. The summed E-state index contributed by atoms with van der Waals surface area (Å²) < 4.78 is 0. The van der Waals surface area contributed by atoms with E-state index in [2.05, 4.69) is 4.98 Å². The van der Waals surface area contributed by atoms with Gasteiger partial charge in [-0.3, -0.25) is 9.78 Å². The maximum atomic E-state index is 12.0. The second-order valence-electron chi connectivity index (χ2n) is 3.59. The summed E-state index contributed by atoms with van der Waals surface area (Å²) in [6.07, 6.45) is 2.54. The first kappa shape index (κ1) is 10.6. The Morgan fingerprint density at radius 2 is 1.81 bits per heavy atom. The first-order valence-corrected chi connectivity index (χ1v) is 5.36. The second-order valence-corrected chi connectivity index (χ2v) is 3.59. The number of pyridine rings is 1. The normalized spacial score (nSPS) is 10.1. The molecule has 1 aromatic carbocycles. The lowest BCUT2D eigenvalue weighted by atomic mass is 10.0. The minimum absolute atomic E-state index is 0.0238. The fourth-order valence-corrected chi connectivity index (χ4v) is 1.52. The largest absolute Gasteiger partial charge is 0.289 e. The lowest BCUT2D eigenvalue weighted by molar-refractivity contribution is 0.103. The molecule has 0 atom stereocenters. The van der Waals surface area contributed by atoms with Gasteiger partial charge in [-0.2, -0.15) is 0 Å². The third-order valence-electron chi connectivity index (χ3n) is 2.49. The van der Waals surface area contributed by atoms with Crippen LogP contribution in [-0.2, 0) is 6.42 Å². The Morgan fingerprint density at radius 1 is 1.06 bits per heavy atom. The first-order chi connectivity index (χ1) is 7.81. The lowest BCUT2D eigenvalue weighted by Crippen LogP contribution is -2.02. The predicted octanol–water partition coefficient (Wildman–Crippen LogP) is 2.88. The maximum absolute atomic E-state index is 12.0. The number of rotatable bonds is 3. The molecule has 2 nitrogen and oxygen atoms in total. The Balaban J connectivity index is 2.28. The summed E-state index contributed by atoms with van der Waals surface area (Å²) in [5.41, 5.74) is 2.35. The number of hydrogen-bond donors (Lipinski definition) is 0. The number of carbonyl (C=O) groups is 1. The van der Waals surface area contributed by atoms with Crippen LogP contribution in [0.1, 0.15) is 28.5 Å². The summed E-state index contributed by atoms with van der Waals surface area (Å²) >= 11 is 0. The smallest absolute Gasteiger partial charge is 0.194 e. The van der Waals surface area contributed by atoms with Gasteiger partial charge in [0.05, 0.1) is 0 Å². The Labute approximate surface area is 95.0 Å². The second kappa shape index (κ2) is 4.71. The van der Waals surface area contributed by atoms with Gasteiger partial charge in [0.1, 0.15) is 0 Å². The summed E-state index contributed by atoms with van der Waals surface area (Å²) in [5.74, 6) is 0.0238. The van der Waals surface area contributed by atoms with Crippen LogP contribution >= 0.6 is 0 Å². The molecule has 0 amide bonds. The van der Waals surface area contributed by atoms with Crippen molar-refractivity contribution in [3.8, 4) is 0 Å². The van der Waals surface area contributed by atoms with E-state index in [9.17, 15) is 4.79 Å².